The van der Waals surface area contributed by atoms with Gasteiger partial charge in [-0.1, -0.05) is 63.2 Å². The minimum absolute atomic E-state index is 0.0477. The molecule has 0 fully saturated rings. The first kappa shape index (κ1) is 13.6. The second-order valence-corrected chi connectivity index (χ2v) is 6.29. The van der Waals surface area contributed by atoms with Crippen LogP contribution in [-0.4, -0.2) is 9.55 Å². The monoisotopic (exact) mass is 276 g/mol. The molecule has 0 radical (unpaired) electrons. The highest BCUT2D eigenvalue weighted by molar-refractivity contribution is 5.73. The van der Waals surface area contributed by atoms with Gasteiger partial charge in [0.1, 0.15) is 0 Å². The number of imidazole rings is 1. The molecular weight excluding hydrogens is 256 g/mol. The van der Waals surface area contributed by atoms with Gasteiger partial charge in [-0.15, -0.1) is 0 Å². The van der Waals surface area contributed by atoms with Crippen LogP contribution in [-0.2, 0) is 5.41 Å². The number of rotatable bonds is 2. The molecule has 0 amide bonds. The summed E-state index contributed by atoms with van der Waals surface area (Å²) in [5.74, 6) is 0. The van der Waals surface area contributed by atoms with Crippen molar-refractivity contribution in [1.29, 1.82) is 0 Å². The Hall–Kier alpha value is -2.35. The molecule has 0 saturated carbocycles. The van der Waals surface area contributed by atoms with Gasteiger partial charge in [-0.3, -0.25) is 0 Å². The summed E-state index contributed by atoms with van der Waals surface area (Å²) in [6, 6.07) is 17.1. The van der Waals surface area contributed by atoms with E-state index < -0.39 is 0 Å². The van der Waals surface area contributed by atoms with Crippen molar-refractivity contribution in [3.63, 3.8) is 0 Å². The lowest BCUT2D eigenvalue weighted by atomic mass is 9.80. The van der Waals surface area contributed by atoms with Crippen LogP contribution >= 0.6 is 0 Å². The first-order chi connectivity index (χ1) is 10.1. The molecule has 0 aliphatic carbocycles. The van der Waals surface area contributed by atoms with Crippen LogP contribution in [0.3, 0.4) is 0 Å². The van der Waals surface area contributed by atoms with Crippen LogP contribution in [0, 0.1) is 0 Å². The van der Waals surface area contributed by atoms with E-state index >= 15 is 0 Å². The van der Waals surface area contributed by atoms with Gasteiger partial charge in [0, 0.05) is 12.4 Å². The Morgan fingerprint density at radius 3 is 2.29 bits per heavy atom. The van der Waals surface area contributed by atoms with Crippen LogP contribution in [0.4, 0.5) is 0 Å². The molecule has 0 bridgehead atoms. The van der Waals surface area contributed by atoms with Crippen molar-refractivity contribution in [3.8, 4) is 16.8 Å². The number of aromatic nitrogens is 2. The third-order valence-electron chi connectivity index (χ3n) is 3.66. The second kappa shape index (κ2) is 5.21. The minimum Gasteiger partial charge on any atom is -0.306 e. The summed E-state index contributed by atoms with van der Waals surface area (Å²) in [6.07, 6.45) is 5.68. The van der Waals surface area contributed by atoms with E-state index in [-0.39, 0.29) is 5.41 Å². The quantitative estimate of drug-likeness (QED) is 0.655. The summed E-state index contributed by atoms with van der Waals surface area (Å²) in [4.78, 5) is 4.19. The summed E-state index contributed by atoms with van der Waals surface area (Å²) in [6.45, 7) is 6.78. The highest BCUT2D eigenvalue weighted by atomic mass is 15.0. The summed E-state index contributed by atoms with van der Waals surface area (Å²) in [7, 11) is 0. The van der Waals surface area contributed by atoms with Crippen LogP contribution < -0.4 is 0 Å². The highest BCUT2D eigenvalue weighted by Gasteiger charge is 2.23. The molecule has 2 aromatic carbocycles. The smallest absolute Gasteiger partial charge is 0.0991 e. The average molecular weight is 276 g/mol. The van der Waals surface area contributed by atoms with Gasteiger partial charge in [-0.05, 0) is 28.2 Å². The summed E-state index contributed by atoms with van der Waals surface area (Å²) >= 11 is 0. The molecule has 3 rings (SSSR count). The van der Waals surface area contributed by atoms with Gasteiger partial charge < -0.3 is 4.57 Å². The average Bonchev–Trinajstić information content (AvgIpc) is 3.00. The van der Waals surface area contributed by atoms with E-state index in [0.29, 0.717) is 0 Å². The van der Waals surface area contributed by atoms with Crippen LogP contribution in [0.25, 0.3) is 16.8 Å². The lowest BCUT2D eigenvalue weighted by molar-refractivity contribution is 0.588. The number of hydrogen-bond acceptors (Lipinski definition) is 1. The number of benzene rings is 2. The number of hydrogen-bond donors (Lipinski definition) is 0. The van der Waals surface area contributed by atoms with Crippen molar-refractivity contribution in [3.05, 3.63) is 72.8 Å². The van der Waals surface area contributed by atoms with E-state index in [2.05, 4.69) is 78.9 Å². The predicted octanol–water partition coefficient (Wildman–Crippen LogP) is 4.84. The zero-order valence-corrected chi connectivity index (χ0v) is 12.7. The zero-order valence-electron chi connectivity index (χ0n) is 12.7. The Morgan fingerprint density at radius 1 is 0.905 bits per heavy atom. The molecule has 2 nitrogen and oxygen atoms in total. The van der Waals surface area contributed by atoms with Gasteiger partial charge in [0.15, 0.2) is 0 Å². The molecule has 3 aromatic rings. The van der Waals surface area contributed by atoms with Gasteiger partial charge in [0.2, 0.25) is 0 Å². The molecule has 1 aromatic heterocycles. The lowest BCUT2D eigenvalue weighted by Crippen LogP contribution is -2.16. The lowest BCUT2D eigenvalue weighted by Gasteiger charge is -2.27. The molecule has 0 spiro atoms. The summed E-state index contributed by atoms with van der Waals surface area (Å²) < 4.78 is 2.09. The second-order valence-electron chi connectivity index (χ2n) is 6.29. The molecular formula is C19H20N2. The zero-order chi connectivity index (χ0) is 14.9. The first-order valence-electron chi connectivity index (χ1n) is 7.24. The molecule has 0 aliphatic rings. The normalized spacial score (nSPS) is 11.6. The fraction of sp³-hybridized carbons (Fsp3) is 0.211. The van der Waals surface area contributed by atoms with Crippen molar-refractivity contribution in [1.82, 2.24) is 9.55 Å². The Morgan fingerprint density at radius 2 is 1.67 bits per heavy atom. The van der Waals surface area contributed by atoms with Crippen molar-refractivity contribution < 1.29 is 0 Å². The van der Waals surface area contributed by atoms with Crippen molar-refractivity contribution in [2.24, 2.45) is 0 Å². The molecule has 21 heavy (non-hydrogen) atoms. The highest BCUT2D eigenvalue weighted by Crippen LogP contribution is 2.37. The van der Waals surface area contributed by atoms with Crippen LogP contribution in [0.15, 0.2) is 67.3 Å². The van der Waals surface area contributed by atoms with E-state index in [9.17, 15) is 0 Å². The van der Waals surface area contributed by atoms with Gasteiger partial charge in [0.25, 0.3) is 0 Å². The Labute approximate surface area is 126 Å². The Balaban J connectivity index is 2.29. The van der Waals surface area contributed by atoms with Crippen molar-refractivity contribution >= 4 is 0 Å². The molecule has 2 heteroatoms. The Bertz CT molecular complexity index is 720. The third-order valence-corrected chi connectivity index (χ3v) is 3.66. The largest absolute Gasteiger partial charge is 0.306 e. The van der Waals surface area contributed by atoms with E-state index in [1.807, 2.05) is 18.7 Å². The van der Waals surface area contributed by atoms with E-state index in [1.165, 1.54) is 22.4 Å². The Kier molecular flexibility index (Phi) is 3.38. The van der Waals surface area contributed by atoms with Crippen LogP contribution in [0.5, 0.6) is 0 Å². The molecule has 0 saturated heterocycles. The maximum absolute atomic E-state index is 4.19. The third kappa shape index (κ3) is 2.62. The predicted molar refractivity (Wildman–Crippen MR) is 87.7 cm³/mol. The standard InChI is InChI=1S/C19H20N2/c1-19(2,3)18-16(15-8-5-4-6-9-15)10-7-11-17(18)21-13-12-20-14-21/h4-14H,1-3H3. The topological polar surface area (TPSA) is 17.8 Å². The SMILES string of the molecule is CC(C)(C)c1c(-c2ccccc2)cccc1-n1ccnc1. The molecule has 1 heterocycles. The molecule has 106 valence electrons. The van der Waals surface area contributed by atoms with Gasteiger partial charge in [-0.25, -0.2) is 4.98 Å². The maximum Gasteiger partial charge on any atom is 0.0991 e. The van der Waals surface area contributed by atoms with Crippen molar-refractivity contribution in [2.75, 3.05) is 0 Å². The molecule has 0 N–H and O–H groups in total. The van der Waals surface area contributed by atoms with Gasteiger partial charge in [-0.2, -0.15) is 0 Å². The molecule has 0 unspecified atom stereocenters. The van der Waals surface area contributed by atoms with Crippen LogP contribution in [0.2, 0.25) is 0 Å². The maximum atomic E-state index is 4.19. The fourth-order valence-electron chi connectivity index (χ4n) is 2.80. The van der Waals surface area contributed by atoms with E-state index in [1.54, 1.807) is 0 Å². The van der Waals surface area contributed by atoms with E-state index in [0.717, 1.165) is 0 Å². The first-order valence-corrected chi connectivity index (χ1v) is 7.24. The van der Waals surface area contributed by atoms with E-state index in [4.69, 9.17) is 0 Å². The minimum atomic E-state index is 0.0477. The summed E-state index contributed by atoms with van der Waals surface area (Å²) in [5.41, 5.74) is 5.13. The summed E-state index contributed by atoms with van der Waals surface area (Å²) in [5, 5.41) is 0. The van der Waals surface area contributed by atoms with Crippen LogP contribution in [0.1, 0.15) is 26.3 Å². The van der Waals surface area contributed by atoms with Gasteiger partial charge >= 0.3 is 0 Å². The molecule has 0 aliphatic heterocycles. The number of nitrogens with zero attached hydrogens (tertiary/aromatic N) is 2. The van der Waals surface area contributed by atoms with Gasteiger partial charge in [0.05, 0.1) is 12.0 Å². The van der Waals surface area contributed by atoms with Crippen molar-refractivity contribution in [2.45, 2.75) is 26.2 Å². The fourth-order valence-corrected chi connectivity index (χ4v) is 2.80. The molecule has 0 atom stereocenters.